The number of pyridine rings is 1. The largest absolute Gasteiger partial charge is 0.458 e. The number of fused-ring (bicyclic) bond motifs is 1. The molecule has 0 aromatic carbocycles. The van der Waals surface area contributed by atoms with E-state index in [1.807, 2.05) is 20.8 Å². The number of ether oxygens (including phenoxy) is 1. The summed E-state index contributed by atoms with van der Waals surface area (Å²) in [4.78, 5) is 24.7. The molecule has 1 aliphatic rings. The van der Waals surface area contributed by atoms with Crippen molar-refractivity contribution >= 4 is 5.97 Å². The van der Waals surface area contributed by atoms with Crippen molar-refractivity contribution in [3.05, 3.63) is 32.7 Å². The van der Waals surface area contributed by atoms with Crippen LogP contribution in [0.25, 0.3) is 0 Å². The summed E-state index contributed by atoms with van der Waals surface area (Å²) >= 11 is 0. The monoisotopic (exact) mass is 293 g/mol. The van der Waals surface area contributed by atoms with Crippen molar-refractivity contribution in [3.63, 3.8) is 0 Å². The van der Waals surface area contributed by atoms with Gasteiger partial charge in [0.2, 0.25) is 0 Å². The maximum atomic E-state index is 12.6. The van der Waals surface area contributed by atoms with Gasteiger partial charge in [-0.15, -0.1) is 0 Å². The lowest BCUT2D eigenvalue weighted by Crippen LogP contribution is -2.46. The smallest absolute Gasteiger partial charge is 0.343 e. The van der Waals surface area contributed by atoms with Crippen LogP contribution in [0.15, 0.2) is 4.79 Å². The molecule has 1 aliphatic heterocycles. The van der Waals surface area contributed by atoms with E-state index in [4.69, 9.17) is 4.74 Å². The van der Waals surface area contributed by atoms with E-state index in [9.17, 15) is 14.7 Å². The number of cyclic esters (lactones) is 1. The first-order valence-corrected chi connectivity index (χ1v) is 7.57. The third-order valence-electron chi connectivity index (χ3n) is 4.38. The Labute approximate surface area is 124 Å². The maximum absolute atomic E-state index is 12.6. The molecule has 1 atom stereocenters. The van der Waals surface area contributed by atoms with Crippen molar-refractivity contribution in [2.75, 3.05) is 0 Å². The highest BCUT2D eigenvalue weighted by molar-refractivity contribution is 5.83. The van der Waals surface area contributed by atoms with Crippen LogP contribution in [-0.2, 0) is 34.7 Å². The SMILES string of the molecule is CCCc1c2c(c(=O)n(CC)c1C)COC(=O)C2(O)CC. The van der Waals surface area contributed by atoms with Gasteiger partial charge in [-0.1, -0.05) is 20.3 Å². The minimum absolute atomic E-state index is 0.0493. The Kier molecular flexibility index (Phi) is 4.23. The fourth-order valence-corrected chi connectivity index (χ4v) is 3.20. The molecule has 0 aliphatic carbocycles. The predicted octanol–water partition coefficient (Wildman–Crippen LogP) is 1.78. The van der Waals surface area contributed by atoms with Crippen LogP contribution < -0.4 is 5.56 Å². The van der Waals surface area contributed by atoms with E-state index in [0.717, 1.165) is 24.1 Å². The molecule has 1 N–H and O–H groups in total. The first kappa shape index (κ1) is 15.8. The van der Waals surface area contributed by atoms with Crippen LogP contribution in [0.3, 0.4) is 0 Å². The first-order chi connectivity index (χ1) is 9.92. The molecule has 1 unspecified atom stereocenters. The summed E-state index contributed by atoms with van der Waals surface area (Å²) in [6.45, 7) is 8.08. The normalized spacial score (nSPS) is 21.1. The minimum atomic E-state index is -1.70. The Morgan fingerprint density at radius 1 is 1.29 bits per heavy atom. The van der Waals surface area contributed by atoms with Gasteiger partial charge in [0.05, 0.1) is 5.56 Å². The van der Waals surface area contributed by atoms with Gasteiger partial charge in [-0.3, -0.25) is 4.79 Å². The lowest BCUT2D eigenvalue weighted by Gasteiger charge is -2.34. The average Bonchev–Trinajstić information content (AvgIpc) is 2.47. The topological polar surface area (TPSA) is 68.5 Å². The van der Waals surface area contributed by atoms with Crippen LogP contribution in [0.4, 0.5) is 0 Å². The lowest BCUT2D eigenvalue weighted by molar-refractivity contribution is -0.172. The number of esters is 1. The number of aliphatic hydroxyl groups is 1. The highest BCUT2D eigenvalue weighted by Gasteiger charge is 2.46. The molecule has 2 rings (SSSR count). The summed E-state index contributed by atoms with van der Waals surface area (Å²) in [5, 5.41) is 10.8. The molecule has 116 valence electrons. The van der Waals surface area contributed by atoms with Crippen molar-refractivity contribution in [2.45, 2.75) is 65.7 Å². The molecule has 0 saturated heterocycles. The van der Waals surface area contributed by atoms with Crippen molar-refractivity contribution in [1.29, 1.82) is 0 Å². The van der Waals surface area contributed by atoms with E-state index in [1.54, 1.807) is 11.5 Å². The molecule has 0 saturated carbocycles. The van der Waals surface area contributed by atoms with Crippen LogP contribution >= 0.6 is 0 Å². The Hall–Kier alpha value is -1.62. The van der Waals surface area contributed by atoms with Gasteiger partial charge < -0.3 is 14.4 Å². The Morgan fingerprint density at radius 2 is 1.95 bits per heavy atom. The zero-order valence-electron chi connectivity index (χ0n) is 13.2. The van der Waals surface area contributed by atoms with E-state index in [0.29, 0.717) is 17.7 Å². The van der Waals surface area contributed by atoms with Gasteiger partial charge in [0.15, 0.2) is 5.60 Å². The number of hydrogen-bond acceptors (Lipinski definition) is 4. The maximum Gasteiger partial charge on any atom is 0.343 e. The van der Waals surface area contributed by atoms with Gasteiger partial charge in [0.25, 0.3) is 5.56 Å². The first-order valence-electron chi connectivity index (χ1n) is 7.57. The van der Waals surface area contributed by atoms with Crippen molar-refractivity contribution in [3.8, 4) is 0 Å². The zero-order valence-corrected chi connectivity index (χ0v) is 13.2. The number of carbonyl (C=O) groups excluding carboxylic acids is 1. The minimum Gasteiger partial charge on any atom is -0.458 e. The Bertz CT molecular complexity index is 632. The highest BCUT2D eigenvalue weighted by Crippen LogP contribution is 2.36. The molecule has 5 nitrogen and oxygen atoms in total. The summed E-state index contributed by atoms with van der Waals surface area (Å²) in [6, 6.07) is 0. The van der Waals surface area contributed by atoms with E-state index in [-0.39, 0.29) is 18.6 Å². The lowest BCUT2D eigenvalue weighted by atomic mass is 9.81. The molecule has 0 bridgehead atoms. The summed E-state index contributed by atoms with van der Waals surface area (Å²) in [6.07, 6.45) is 1.80. The molecule has 0 radical (unpaired) electrons. The van der Waals surface area contributed by atoms with Crippen molar-refractivity contribution in [1.82, 2.24) is 4.57 Å². The van der Waals surface area contributed by atoms with Gasteiger partial charge in [-0.2, -0.15) is 0 Å². The summed E-state index contributed by atoms with van der Waals surface area (Å²) in [5.74, 6) is -0.650. The van der Waals surface area contributed by atoms with Crippen LogP contribution in [0.5, 0.6) is 0 Å². The quantitative estimate of drug-likeness (QED) is 0.859. The van der Waals surface area contributed by atoms with E-state index < -0.39 is 11.6 Å². The molecule has 1 aromatic heterocycles. The van der Waals surface area contributed by atoms with E-state index in [1.165, 1.54) is 0 Å². The van der Waals surface area contributed by atoms with Gasteiger partial charge in [-0.25, -0.2) is 4.79 Å². The number of rotatable bonds is 4. The standard InChI is InChI=1S/C16H23NO4/c1-5-8-11-10(4)17(7-3)14(18)12-9-21-15(19)16(20,6-2)13(11)12/h20H,5-9H2,1-4H3. The molecule has 2 heterocycles. The van der Waals surface area contributed by atoms with Crippen LogP contribution in [0.1, 0.15) is 56.0 Å². The van der Waals surface area contributed by atoms with E-state index >= 15 is 0 Å². The van der Waals surface area contributed by atoms with E-state index in [2.05, 4.69) is 0 Å². The highest BCUT2D eigenvalue weighted by atomic mass is 16.6. The predicted molar refractivity (Wildman–Crippen MR) is 79.1 cm³/mol. The molecule has 0 fully saturated rings. The Morgan fingerprint density at radius 3 is 2.48 bits per heavy atom. The summed E-state index contributed by atoms with van der Waals surface area (Å²) < 4.78 is 6.76. The molecule has 0 amide bonds. The fraction of sp³-hybridized carbons (Fsp3) is 0.625. The van der Waals surface area contributed by atoms with Crippen molar-refractivity contribution < 1.29 is 14.6 Å². The summed E-state index contributed by atoms with van der Waals surface area (Å²) in [7, 11) is 0. The third kappa shape index (κ3) is 2.20. The molecule has 1 aromatic rings. The second-order valence-corrected chi connectivity index (χ2v) is 5.51. The fourth-order valence-electron chi connectivity index (χ4n) is 3.20. The van der Waals surface area contributed by atoms with Gasteiger partial charge in [-0.05, 0) is 32.3 Å². The number of nitrogens with zero attached hydrogens (tertiary/aromatic N) is 1. The average molecular weight is 293 g/mol. The van der Waals surface area contributed by atoms with Crippen molar-refractivity contribution in [2.24, 2.45) is 0 Å². The molecule has 0 spiro atoms. The van der Waals surface area contributed by atoms with Crippen LogP contribution in [0.2, 0.25) is 0 Å². The summed E-state index contributed by atoms with van der Waals surface area (Å²) in [5.41, 5.74) is 0.809. The number of carbonyl (C=O) groups is 1. The second kappa shape index (κ2) is 5.64. The molecular formula is C16H23NO4. The Balaban J connectivity index is 2.88. The van der Waals surface area contributed by atoms with Crippen LogP contribution in [0, 0.1) is 6.92 Å². The van der Waals surface area contributed by atoms with Gasteiger partial charge >= 0.3 is 5.97 Å². The number of aromatic nitrogens is 1. The van der Waals surface area contributed by atoms with Gasteiger partial charge in [0.1, 0.15) is 6.61 Å². The van der Waals surface area contributed by atoms with Crippen LogP contribution in [-0.4, -0.2) is 15.6 Å². The van der Waals surface area contributed by atoms with Gasteiger partial charge in [0, 0.05) is 17.8 Å². The molecular weight excluding hydrogens is 270 g/mol. The number of hydrogen-bond donors (Lipinski definition) is 1. The molecule has 5 heteroatoms. The zero-order chi connectivity index (χ0) is 15.8. The second-order valence-electron chi connectivity index (χ2n) is 5.51. The molecule has 21 heavy (non-hydrogen) atoms. The third-order valence-corrected chi connectivity index (χ3v) is 4.38.